The SMILES string of the molecule is CC(C)Oc1nc(NC2CCC(C)C(C)C2)nc2[nH]cc(-c3ccn4nccc4c3)c12. The van der Waals surface area contributed by atoms with Gasteiger partial charge in [0.05, 0.1) is 17.0 Å². The number of nitrogens with zero attached hydrogens (tertiary/aromatic N) is 4. The van der Waals surface area contributed by atoms with Crippen LogP contribution in [0.2, 0.25) is 0 Å². The van der Waals surface area contributed by atoms with Crippen LogP contribution in [0, 0.1) is 11.8 Å². The van der Waals surface area contributed by atoms with E-state index in [-0.39, 0.29) is 6.10 Å². The first-order valence-corrected chi connectivity index (χ1v) is 11.2. The van der Waals surface area contributed by atoms with Gasteiger partial charge in [-0.15, -0.1) is 0 Å². The van der Waals surface area contributed by atoms with Crippen LogP contribution in [0.1, 0.15) is 47.0 Å². The smallest absolute Gasteiger partial charge is 0.228 e. The van der Waals surface area contributed by atoms with Crippen LogP contribution < -0.4 is 10.1 Å². The molecule has 0 aromatic carbocycles. The summed E-state index contributed by atoms with van der Waals surface area (Å²) in [4.78, 5) is 13.0. The van der Waals surface area contributed by atoms with Crippen molar-refractivity contribution in [2.45, 2.75) is 59.1 Å². The molecule has 1 fully saturated rings. The van der Waals surface area contributed by atoms with Gasteiger partial charge >= 0.3 is 0 Å². The molecule has 31 heavy (non-hydrogen) atoms. The summed E-state index contributed by atoms with van der Waals surface area (Å²) in [5.41, 5.74) is 3.93. The first-order valence-electron chi connectivity index (χ1n) is 11.2. The van der Waals surface area contributed by atoms with Crippen LogP contribution in [0.15, 0.2) is 36.8 Å². The lowest BCUT2D eigenvalue weighted by molar-refractivity contribution is 0.235. The first-order chi connectivity index (χ1) is 15.0. The van der Waals surface area contributed by atoms with E-state index in [0.717, 1.165) is 46.4 Å². The maximum Gasteiger partial charge on any atom is 0.228 e. The Labute approximate surface area is 182 Å². The molecule has 0 saturated heterocycles. The highest BCUT2D eigenvalue weighted by Crippen LogP contribution is 2.36. The van der Waals surface area contributed by atoms with Crippen LogP contribution >= 0.6 is 0 Å². The van der Waals surface area contributed by atoms with Gasteiger partial charge in [-0.3, -0.25) is 0 Å². The molecular weight excluding hydrogens is 388 g/mol. The number of nitrogens with one attached hydrogen (secondary N) is 2. The minimum Gasteiger partial charge on any atom is -0.474 e. The third-order valence-corrected chi connectivity index (χ3v) is 6.49. The van der Waals surface area contributed by atoms with E-state index in [4.69, 9.17) is 14.7 Å². The summed E-state index contributed by atoms with van der Waals surface area (Å²) in [5.74, 6) is 2.73. The zero-order valence-electron chi connectivity index (χ0n) is 18.6. The lowest BCUT2D eigenvalue weighted by Gasteiger charge is -2.32. The molecule has 2 N–H and O–H groups in total. The summed E-state index contributed by atoms with van der Waals surface area (Å²) < 4.78 is 8.02. The molecule has 0 aliphatic heterocycles. The molecule has 0 spiro atoms. The number of hydrogen-bond donors (Lipinski definition) is 2. The van der Waals surface area contributed by atoms with Crippen LogP contribution in [-0.4, -0.2) is 36.7 Å². The molecule has 0 radical (unpaired) electrons. The van der Waals surface area contributed by atoms with Gasteiger partial charge in [-0.05, 0) is 68.7 Å². The second kappa shape index (κ2) is 7.87. The van der Waals surface area contributed by atoms with Gasteiger partial charge in [0.25, 0.3) is 0 Å². The predicted octanol–water partition coefficient (Wildman–Crippen LogP) is 5.30. The molecule has 0 bridgehead atoms. The number of ether oxygens (including phenoxy) is 1. The zero-order chi connectivity index (χ0) is 21.5. The Kier molecular flexibility index (Phi) is 5.04. The minimum absolute atomic E-state index is 0.0153. The normalized spacial score (nSPS) is 21.8. The highest BCUT2D eigenvalue weighted by atomic mass is 16.5. The summed E-state index contributed by atoms with van der Waals surface area (Å²) in [7, 11) is 0. The van der Waals surface area contributed by atoms with Gasteiger partial charge in [0, 0.05) is 30.2 Å². The number of rotatable bonds is 5. The molecule has 5 rings (SSSR count). The van der Waals surface area contributed by atoms with Gasteiger partial charge in [0.1, 0.15) is 5.65 Å². The zero-order valence-corrected chi connectivity index (χ0v) is 18.6. The topological polar surface area (TPSA) is 80.1 Å². The Bertz CT molecular complexity index is 1210. The molecule has 0 amide bonds. The monoisotopic (exact) mass is 418 g/mol. The van der Waals surface area contributed by atoms with Crippen molar-refractivity contribution in [2.75, 3.05) is 5.32 Å². The molecule has 1 saturated carbocycles. The van der Waals surface area contributed by atoms with E-state index < -0.39 is 0 Å². The highest BCUT2D eigenvalue weighted by molar-refractivity contribution is 5.98. The fraction of sp³-hybridized carbons (Fsp3) is 0.458. The van der Waals surface area contributed by atoms with Gasteiger partial charge in [0.2, 0.25) is 11.8 Å². The Balaban J connectivity index is 1.53. The van der Waals surface area contributed by atoms with Crippen LogP contribution in [0.25, 0.3) is 27.7 Å². The Morgan fingerprint density at radius 1 is 1.16 bits per heavy atom. The van der Waals surface area contributed by atoms with E-state index in [1.165, 1.54) is 6.42 Å². The molecule has 3 atom stereocenters. The van der Waals surface area contributed by atoms with E-state index in [1.54, 1.807) is 6.20 Å². The predicted molar refractivity (Wildman–Crippen MR) is 123 cm³/mol. The number of H-pyrrole nitrogens is 1. The molecule has 162 valence electrons. The lowest BCUT2D eigenvalue weighted by Crippen LogP contribution is -2.31. The maximum atomic E-state index is 6.16. The van der Waals surface area contributed by atoms with Crippen LogP contribution in [0.3, 0.4) is 0 Å². The molecule has 7 heteroatoms. The molecule has 4 aromatic rings. The summed E-state index contributed by atoms with van der Waals surface area (Å²) >= 11 is 0. The van der Waals surface area contributed by atoms with Gasteiger partial charge in [0.15, 0.2) is 0 Å². The fourth-order valence-electron chi connectivity index (χ4n) is 4.55. The van der Waals surface area contributed by atoms with Gasteiger partial charge in [-0.2, -0.15) is 15.1 Å². The number of pyridine rings is 1. The maximum absolute atomic E-state index is 6.16. The average molecular weight is 419 g/mol. The lowest BCUT2D eigenvalue weighted by atomic mass is 9.79. The van der Waals surface area contributed by atoms with E-state index in [2.05, 4.69) is 41.4 Å². The second-order valence-electron chi connectivity index (χ2n) is 9.17. The summed E-state index contributed by atoms with van der Waals surface area (Å²) in [6.45, 7) is 8.73. The number of fused-ring (bicyclic) bond motifs is 2. The molecular formula is C24H30N6O. The van der Waals surface area contributed by atoms with Crippen LogP contribution in [0.4, 0.5) is 5.95 Å². The van der Waals surface area contributed by atoms with E-state index >= 15 is 0 Å². The molecule has 3 unspecified atom stereocenters. The number of aromatic amines is 1. The van der Waals surface area contributed by atoms with Crippen molar-refractivity contribution in [1.29, 1.82) is 0 Å². The van der Waals surface area contributed by atoms with Crippen molar-refractivity contribution < 1.29 is 4.74 Å². The molecule has 1 aliphatic rings. The molecule has 4 aromatic heterocycles. The van der Waals surface area contributed by atoms with Crippen molar-refractivity contribution in [2.24, 2.45) is 11.8 Å². The van der Waals surface area contributed by atoms with Crippen LogP contribution in [0.5, 0.6) is 5.88 Å². The largest absolute Gasteiger partial charge is 0.474 e. The van der Waals surface area contributed by atoms with Crippen molar-refractivity contribution in [3.05, 3.63) is 36.8 Å². The quantitative estimate of drug-likeness (QED) is 0.460. The van der Waals surface area contributed by atoms with E-state index in [1.807, 2.05) is 36.8 Å². The van der Waals surface area contributed by atoms with E-state index in [9.17, 15) is 0 Å². The third kappa shape index (κ3) is 3.84. The number of hydrogen-bond acceptors (Lipinski definition) is 5. The average Bonchev–Trinajstić information content (AvgIpc) is 3.36. The molecule has 4 heterocycles. The number of aromatic nitrogens is 5. The highest BCUT2D eigenvalue weighted by Gasteiger charge is 2.26. The molecule has 7 nitrogen and oxygen atoms in total. The van der Waals surface area contributed by atoms with Crippen LogP contribution in [-0.2, 0) is 0 Å². The first kappa shape index (κ1) is 19.8. The van der Waals surface area contributed by atoms with Crippen molar-refractivity contribution in [1.82, 2.24) is 24.6 Å². The third-order valence-electron chi connectivity index (χ3n) is 6.49. The standard InChI is InChI=1S/C24H30N6O/c1-14(2)31-23-21-20(17-8-10-30-19(12-17)7-9-26-30)13-25-22(21)28-24(29-23)27-18-6-5-15(3)16(4)11-18/h7-10,12-16,18H,5-6,11H2,1-4H3,(H2,25,27,28,29). The summed E-state index contributed by atoms with van der Waals surface area (Å²) in [5, 5.41) is 8.77. The van der Waals surface area contributed by atoms with Crippen molar-refractivity contribution >= 4 is 22.5 Å². The molecule has 1 aliphatic carbocycles. The second-order valence-corrected chi connectivity index (χ2v) is 9.17. The summed E-state index contributed by atoms with van der Waals surface area (Å²) in [6, 6.07) is 6.56. The van der Waals surface area contributed by atoms with Crippen molar-refractivity contribution in [3.63, 3.8) is 0 Å². The van der Waals surface area contributed by atoms with Crippen molar-refractivity contribution in [3.8, 4) is 17.0 Å². The Morgan fingerprint density at radius 2 is 2.03 bits per heavy atom. The fourth-order valence-corrected chi connectivity index (χ4v) is 4.55. The number of anilines is 1. The van der Waals surface area contributed by atoms with Gasteiger partial charge < -0.3 is 15.0 Å². The van der Waals surface area contributed by atoms with E-state index in [0.29, 0.717) is 23.8 Å². The minimum atomic E-state index is 0.0153. The summed E-state index contributed by atoms with van der Waals surface area (Å²) in [6.07, 6.45) is 9.30. The van der Waals surface area contributed by atoms with Gasteiger partial charge in [-0.25, -0.2) is 4.52 Å². The van der Waals surface area contributed by atoms with Gasteiger partial charge in [-0.1, -0.05) is 13.8 Å². The Morgan fingerprint density at radius 3 is 2.84 bits per heavy atom. The Hall–Kier alpha value is -3.09.